The highest BCUT2D eigenvalue weighted by Crippen LogP contribution is 2.28. The first-order chi connectivity index (χ1) is 9.72. The highest BCUT2D eigenvalue weighted by atomic mass is 32.2. The zero-order chi connectivity index (χ0) is 14.4. The molecule has 0 bridgehead atoms. The Bertz CT molecular complexity index is 631. The number of amides is 1. The Morgan fingerprint density at radius 2 is 2.20 bits per heavy atom. The molecule has 0 atom stereocenters. The van der Waals surface area contributed by atoms with Crippen LogP contribution in [0.2, 0.25) is 0 Å². The predicted molar refractivity (Wildman–Crippen MR) is 75.8 cm³/mol. The summed E-state index contributed by atoms with van der Waals surface area (Å²) >= 11 is 1.39. The first-order valence-corrected chi connectivity index (χ1v) is 6.57. The van der Waals surface area contributed by atoms with Gasteiger partial charge in [0.1, 0.15) is 5.03 Å². The molecule has 20 heavy (non-hydrogen) atoms. The van der Waals surface area contributed by atoms with Crippen LogP contribution >= 0.6 is 11.8 Å². The monoisotopic (exact) mass is 288 g/mol. The van der Waals surface area contributed by atoms with Crippen molar-refractivity contribution in [1.82, 2.24) is 4.98 Å². The molecule has 0 aliphatic carbocycles. The van der Waals surface area contributed by atoms with E-state index in [1.54, 1.807) is 24.4 Å². The molecule has 0 saturated heterocycles. The number of nitrogens with zero attached hydrogens (tertiary/aromatic N) is 1. The molecule has 0 saturated carbocycles. The second-order valence-electron chi connectivity index (χ2n) is 3.77. The fourth-order valence-electron chi connectivity index (χ4n) is 1.55. The third kappa shape index (κ3) is 3.58. The summed E-state index contributed by atoms with van der Waals surface area (Å²) in [6.07, 6.45) is 2.18. The summed E-state index contributed by atoms with van der Waals surface area (Å²) in [5.41, 5.74) is 1.15. The Labute approximate surface area is 120 Å². The zero-order valence-electron chi connectivity index (χ0n) is 10.7. The number of esters is 1. The van der Waals surface area contributed by atoms with E-state index in [2.05, 4.69) is 15.0 Å². The number of carbonyl (C=O) groups is 2. The summed E-state index contributed by atoms with van der Waals surface area (Å²) in [4.78, 5) is 27.0. The van der Waals surface area contributed by atoms with Crippen LogP contribution < -0.4 is 5.32 Å². The van der Waals surface area contributed by atoms with E-state index >= 15 is 0 Å². The molecule has 5 nitrogen and oxygen atoms in total. The predicted octanol–water partition coefficient (Wildman–Crippen LogP) is 2.59. The van der Waals surface area contributed by atoms with Crippen molar-refractivity contribution in [3.05, 3.63) is 48.2 Å². The number of aromatic nitrogens is 1. The van der Waals surface area contributed by atoms with Crippen LogP contribution in [0.25, 0.3) is 0 Å². The van der Waals surface area contributed by atoms with E-state index in [-0.39, 0.29) is 0 Å². The van der Waals surface area contributed by atoms with Crippen LogP contribution in [0, 0.1) is 0 Å². The van der Waals surface area contributed by atoms with Crippen molar-refractivity contribution in [3.8, 4) is 0 Å². The first-order valence-electron chi connectivity index (χ1n) is 5.75. The lowest BCUT2D eigenvalue weighted by Gasteiger charge is -2.05. The van der Waals surface area contributed by atoms with Gasteiger partial charge in [0.25, 0.3) is 0 Å². The molecule has 0 spiro atoms. The van der Waals surface area contributed by atoms with Crippen molar-refractivity contribution in [3.63, 3.8) is 0 Å². The maximum absolute atomic E-state index is 11.4. The number of hydrogen-bond acceptors (Lipinski definition) is 5. The number of carbonyl (C=O) groups excluding carboxylic acids is 2. The summed E-state index contributed by atoms with van der Waals surface area (Å²) in [6.45, 7) is 0. The summed E-state index contributed by atoms with van der Waals surface area (Å²) in [5.74, 6) is -0.398. The van der Waals surface area contributed by atoms with Crippen molar-refractivity contribution in [1.29, 1.82) is 0 Å². The molecule has 0 aliphatic heterocycles. The van der Waals surface area contributed by atoms with Gasteiger partial charge in [0.15, 0.2) is 0 Å². The molecule has 102 valence electrons. The molecular weight excluding hydrogens is 276 g/mol. The third-order valence-corrected chi connectivity index (χ3v) is 3.36. The molecule has 6 heteroatoms. The van der Waals surface area contributed by atoms with Gasteiger partial charge < -0.3 is 10.1 Å². The SMILES string of the molecule is COC(=O)c1ccnc(Sc2cccc(NC=O)c2)c1. The minimum atomic E-state index is -0.398. The van der Waals surface area contributed by atoms with Gasteiger partial charge in [-0.3, -0.25) is 4.79 Å². The van der Waals surface area contributed by atoms with E-state index in [9.17, 15) is 9.59 Å². The molecule has 1 aromatic heterocycles. The third-order valence-electron chi connectivity index (χ3n) is 2.44. The number of ether oxygens (including phenoxy) is 1. The molecule has 0 unspecified atom stereocenters. The van der Waals surface area contributed by atoms with E-state index < -0.39 is 5.97 Å². The van der Waals surface area contributed by atoms with E-state index in [1.807, 2.05) is 18.2 Å². The molecule has 0 aliphatic rings. The second kappa shape index (κ2) is 6.72. The van der Waals surface area contributed by atoms with E-state index in [4.69, 9.17) is 0 Å². The van der Waals surface area contributed by atoms with Crippen LogP contribution in [0.3, 0.4) is 0 Å². The average molecular weight is 288 g/mol. The number of benzene rings is 1. The fraction of sp³-hybridized carbons (Fsp3) is 0.0714. The van der Waals surface area contributed by atoms with Crippen LogP contribution in [-0.4, -0.2) is 24.5 Å². The highest BCUT2D eigenvalue weighted by molar-refractivity contribution is 7.99. The summed E-state index contributed by atoms with van der Waals surface area (Å²) in [7, 11) is 1.34. The van der Waals surface area contributed by atoms with Crippen molar-refractivity contribution in [2.75, 3.05) is 12.4 Å². The molecule has 1 amide bonds. The van der Waals surface area contributed by atoms with Crippen LogP contribution in [-0.2, 0) is 9.53 Å². The normalized spacial score (nSPS) is 9.85. The number of hydrogen-bond donors (Lipinski definition) is 1. The Morgan fingerprint density at radius 3 is 2.95 bits per heavy atom. The molecule has 0 radical (unpaired) electrons. The van der Waals surface area contributed by atoms with Crippen LogP contribution in [0.15, 0.2) is 52.5 Å². The second-order valence-corrected chi connectivity index (χ2v) is 4.86. The lowest BCUT2D eigenvalue weighted by molar-refractivity contribution is -0.105. The van der Waals surface area contributed by atoms with Crippen LogP contribution in [0.4, 0.5) is 5.69 Å². The molecule has 1 aromatic carbocycles. The van der Waals surface area contributed by atoms with Gasteiger partial charge in [-0.2, -0.15) is 0 Å². The Morgan fingerprint density at radius 1 is 1.35 bits per heavy atom. The van der Waals surface area contributed by atoms with Gasteiger partial charge in [0, 0.05) is 16.8 Å². The van der Waals surface area contributed by atoms with Crippen molar-refractivity contribution < 1.29 is 14.3 Å². The summed E-state index contributed by atoms with van der Waals surface area (Å²) in [5, 5.41) is 3.26. The Balaban J connectivity index is 2.19. The number of nitrogens with one attached hydrogen (secondary N) is 1. The van der Waals surface area contributed by atoms with Gasteiger partial charge in [-0.15, -0.1) is 0 Å². The standard InChI is InChI=1S/C14H12N2O3S/c1-19-14(18)10-5-6-15-13(7-10)20-12-4-2-3-11(8-12)16-9-17/h2-9H,1H3,(H,16,17). The number of rotatable bonds is 5. The van der Waals surface area contributed by atoms with Gasteiger partial charge in [0.2, 0.25) is 6.41 Å². The van der Waals surface area contributed by atoms with E-state index in [0.717, 1.165) is 4.90 Å². The number of anilines is 1. The van der Waals surface area contributed by atoms with Gasteiger partial charge in [-0.05, 0) is 30.3 Å². The van der Waals surface area contributed by atoms with Gasteiger partial charge in [-0.25, -0.2) is 9.78 Å². The topological polar surface area (TPSA) is 68.3 Å². The van der Waals surface area contributed by atoms with E-state index in [0.29, 0.717) is 22.7 Å². The van der Waals surface area contributed by atoms with Crippen LogP contribution in [0.1, 0.15) is 10.4 Å². The quantitative estimate of drug-likeness (QED) is 0.676. The first kappa shape index (κ1) is 14.1. The Hall–Kier alpha value is -2.34. The molecule has 1 N–H and O–H groups in total. The lowest BCUT2D eigenvalue weighted by Crippen LogP contribution is -2.01. The summed E-state index contributed by atoms with van der Waals surface area (Å²) < 4.78 is 4.67. The minimum absolute atomic E-state index is 0.398. The fourth-order valence-corrected chi connectivity index (χ4v) is 2.42. The largest absolute Gasteiger partial charge is 0.465 e. The smallest absolute Gasteiger partial charge is 0.337 e. The molecular formula is C14H12N2O3S. The van der Waals surface area contributed by atoms with Crippen molar-refractivity contribution in [2.45, 2.75) is 9.92 Å². The number of pyridine rings is 1. The average Bonchev–Trinajstić information content (AvgIpc) is 2.47. The summed E-state index contributed by atoms with van der Waals surface area (Å²) in [6, 6.07) is 10.6. The Kier molecular flexibility index (Phi) is 4.73. The molecule has 2 rings (SSSR count). The minimum Gasteiger partial charge on any atom is -0.465 e. The highest BCUT2D eigenvalue weighted by Gasteiger charge is 2.07. The van der Waals surface area contributed by atoms with Gasteiger partial charge in [-0.1, -0.05) is 17.8 Å². The van der Waals surface area contributed by atoms with E-state index in [1.165, 1.54) is 18.9 Å². The van der Waals surface area contributed by atoms with Gasteiger partial charge in [0.05, 0.1) is 12.7 Å². The zero-order valence-corrected chi connectivity index (χ0v) is 11.5. The maximum atomic E-state index is 11.4. The van der Waals surface area contributed by atoms with Gasteiger partial charge >= 0.3 is 5.97 Å². The van der Waals surface area contributed by atoms with Crippen LogP contribution in [0.5, 0.6) is 0 Å². The number of methoxy groups -OCH3 is 1. The maximum Gasteiger partial charge on any atom is 0.337 e. The molecule has 0 fully saturated rings. The molecule has 2 aromatic rings. The van der Waals surface area contributed by atoms with Crippen molar-refractivity contribution >= 4 is 29.8 Å². The lowest BCUT2D eigenvalue weighted by atomic mass is 10.3. The van der Waals surface area contributed by atoms with Crippen molar-refractivity contribution in [2.24, 2.45) is 0 Å². The molecule has 1 heterocycles.